The molecule has 1 saturated heterocycles. The van der Waals surface area contributed by atoms with Gasteiger partial charge in [0, 0.05) is 44.3 Å². The maximum atomic E-state index is 12.2. The molecule has 0 aliphatic carbocycles. The summed E-state index contributed by atoms with van der Waals surface area (Å²) < 4.78 is 7.38. The number of carbonyl (C=O) groups is 1. The Hall–Kier alpha value is -2.31. The summed E-state index contributed by atoms with van der Waals surface area (Å²) in [5.41, 5.74) is 0.954. The van der Waals surface area contributed by atoms with Crippen LogP contribution in [0.5, 0.6) is 0 Å². The lowest BCUT2D eigenvalue weighted by molar-refractivity contribution is 0.0240. The third-order valence-corrected chi connectivity index (χ3v) is 4.33. The number of carbonyl (C=O) groups excluding carboxylic acids is 1. The van der Waals surface area contributed by atoms with Crippen molar-refractivity contribution in [2.24, 2.45) is 0 Å². The fourth-order valence-corrected chi connectivity index (χ4v) is 2.99. The minimum absolute atomic E-state index is 0.277. The molecule has 1 aromatic rings. The number of allylic oxidation sites excluding steroid dienone is 1. The second kappa shape index (κ2) is 9.06. The first-order chi connectivity index (χ1) is 12.8. The molecule has 0 saturated carbocycles. The van der Waals surface area contributed by atoms with Gasteiger partial charge in [-0.3, -0.25) is 5.41 Å². The lowest BCUT2D eigenvalue weighted by atomic mass is 10.2. The molecule has 0 atom stereocenters. The van der Waals surface area contributed by atoms with Crippen molar-refractivity contribution in [3.8, 4) is 0 Å². The molecule has 7 nitrogen and oxygen atoms in total. The molecule has 150 valence electrons. The van der Waals surface area contributed by atoms with Gasteiger partial charge in [-0.2, -0.15) is 0 Å². The van der Waals surface area contributed by atoms with Crippen LogP contribution in [0.4, 0.5) is 10.6 Å². The van der Waals surface area contributed by atoms with E-state index in [1.165, 1.54) is 0 Å². The number of hydrogen-bond acceptors (Lipinski definition) is 5. The van der Waals surface area contributed by atoms with Crippen LogP contribution in [0.3, 0.4) is 0 Å². The molecule has 1 aliphatic rings. The minimum atomic E-state index is -0.490. The third kappa shape index (κ3) is 5.58. The van der Waals surface area contributed by atoms with Crippen molar-refractivity contribution >= 4 is 18.1 Å². The number of aromatic nitrogens is 2. The van der Waals surface area contributed by atoms with Crippen molar-refractivity contribution in [2.45, 2.75) is 59.5 Å². The summed E-state index contributed by atoms with van der Waals surface area (Å²) in [5, 5.41) is 8.64. The van der Waals surface area contributed by atoms with E-state index in [4.69, 9.17) is 10.1 Å². The highest BCUT2D eigenvalue weighted by Crippen LogP contribution is 2.15. The number of ether oxygens (including phenoxy) is 1. The average molecular weight is 376 g/mol. The highest BCUT2D eigenvalue weighted by Gasteiger charge is 2.27. The molecular formula is C20H33N5O2. The summed E-state index contributed by atoms with van der Waals surface area (Å²) in [6, 6.07) is 0. The number of piperazine rings is 1. The Labute approximate surface area is 162 Å². The predicted molar refractivity (Wildman–Crippen MR) is 108 cm³/mol. The van der Waals surface area contributed by atoms with Gasteiger partial charge in [-0.1, -0.05) is 26.3 Å². The van der Waals surface area contributed by atoms with Crippen molar-refractivity contribution < 1.29 is 9.53 Å². The zero-order valence-corrected chi connectivity index (χ0v) is 17.3. The molecule has 1 aliphatic heterocycles. The molecule has 1 aromatic heterocycles. The van der Waals surface area contributed by atoms with Crippen LogP contribution < -0.4 is 10.4 Å². The Balaban J connectivity index is 2.15. The summed E-state index contributed by atoms with van der Waals surface area (Å²) in [7, 11) is 0. The SMILES string of the molecule is CC/C=C\n1c(CCC)cnc(N2CCN(C(=O)OC(C)(C)C)CC2)c1=N. The van der Waals surface area contributed by atoms with Crippen LogP contribution in [0.2, 0.25) is 0 Å². The number of hydrogen-bond donors (Lipinski definition) is 1. The van der Waals surface area contributed by atoms with Crippen LogP contribution in [0.25, 0.3) is 6.20 Å². The van der Waals surface area contributed by atoms with Gasteiger partial charge in [0.25, 0.3) is 0 Å². The lowest BCUT2D eigenvalue weighted by Crippen LogP contribution is -2.51. The van der Waals surface area contributed by atoms with Crippen molar-refractivity contribution in [3.63, 3.8) is 0 Å². The molecule has 2 heterocycles. The molecule has 0 unspecified atom stereocenters. The number of rotatable bonds is 5. The zero-order chi connectivity index (χ0) is 20.0. The Morgan fingerprint density at radius 2 is 1.93 bits per heavy atom. The average Bonchev–Trinajstić information content (AvgIpc) is 2.60. The Morgan fingerprint density at radius 1 is 1.26 bits per heavy atom. The van der Waals surface area contributed by atoms with E-state index in [2.05, 4.69) is 29.8 Å². The molecule has 27 heavy (non-hydrogen) atoms. The first kappa shape index (κ1) is 21.0. The van der Waals surface area contributed by atoms with E-state index in [0.29, 0.717) is 37.5 Å². The molecule has 0 radical (unpaired) electrons. The van der Waals surface area contributed by atoms with Gasteiger partial charge in [0.2, 0.25) is 0 Å². The van der Waals surface area contributed by atoms with Gasteiger partial charge >= 0.3 is 6.09 Å². The number of amides is 1. The topological polar surface area (TPSA) is 74.5 Å². The summed E-state index contributed by atoms with van der Waals surface area (Å²) in [4.78, 5) is 20.6. The maximum Gasteiger partial charge on any atom is 0.410 e. The highest BCUT2D eigenvalue weighted by molar-refractivity contribution is 5.68. The van der Waals surface area contributed by atoms with Gasteiger partial charge in [-0.15, -0.1) is 0 Å². The van der Waals surface area contributed by atoms with E-state index in [1.54, 1.807) is 4.90 Å². The van der Waals surface area contributed by atoms with Gasteiger partial charge in [0.1, 0.15) is 5.60 Å². The Morgan fingerprint density at radius 3 is 2.48 bits per heavy atom. The molecule has 0 bridgehead atoms. The standard InChI is InChI=1S/C20H33N5O2/c1-6-8-10-25-16(9-7-2)15-22-18(17(25)21)23-11-13-24(14-12-23)19(26)27-20(3,4)5/h8,10,15,21H,6-7,9,11-14H2,1-5H3/b10-8-,21-17?. The first-order valence-electron chi connectivity index (χ1n) is 9.81. The second-order valence-electron chi connectivity index (χ2n) is 7.79. The van der Waals surface area contributed by atoms with Gasteiger partial charge in [0.05, 0.1) is 0 Å². The maximum absolute atomic E-state index is 12.2. The van der Waals surface area contributed by atoms with E-state index in [9.17, 15) is 4.79 Å². The molecule has 2 rings (SSSR count). The zero-order valence-electron chi connectivity index (χ0n) is 17.3. The van der Waals surface area contributed by atoms with Crippen molar-refractivity contribution in [1.82, 2.24) is 14.5 Å². The van der Waals surface area contributed by atoms with Crippen LogP contribution in [-0.4, -0.2) is 52.3 Å². The fourth-order valence-electron chi connectivity index (χ4n) is 2.99. The molecule has 0 spiro atoms. The lowest BCUT2D eigenvalue weighted by Gasteiger charge is -2.36. The monoisotopic (exact) mass is 375 g/mol. The normalized spacial score (nSPS) is 15.4. The molecule has 0 aromatic carbocycles. The van der Waals surface area contributed by atoms with E-state index in [-0.39, 0.29) is 6.09 Å². The van der Waals surface area contributed by atoms with Crippen LogP contribution in [0.15, 0.2) is 12.3 Å². The number of anilines is 1. The fraction of sp³-hybridized carbons (Fsp3) is 0.650. The second-order valence-corrected chi connectivity index (χ2v) is 7.79. The van der Waals surface area contributed by atoms with E-state index >= 15 is 0 Å². The molecule has 1 fully saturated rings. The number of nitrogens with one attached hydrogen (secondary N) is 1. The Bertz CT molecular complexity index is 725. The van der Waals surface area contributed by atoms with Crippen molar-refractivity contribution in [1.29, 1.82) is 5.41 Å². The van der Waals surface area contributed by atoms with Crippen LogP contribution in [-0.2, 0) is 11.2 Å². The third-order valence-electron chi connectivity index (χ3n) is 4.33. The summed E-state index contributed by atoms with van der Waals surface area (Å²) in [6.45, 7) is 12.2. The number of aryl methyl sites for hydroxylation is 1. The summed E-state index contributed by atoms with van der Waals surface area (Å²) >= 11 is 0. The Kier molecular flexibility index (Phi) is 7.05. The first-order valence-corrected chi connectivity index (χ1v) is 9.81. The van der Waals surface area contributed by atoms with Gasteiger partial charge in [-0.05, 0) is 33.6 Å². The van der Waals surface area contributed by atoms with Gasteiger partial charge in [0.15, 0.2) is 11.3 Å². The molecule has 1 amide bonds. The summed E-state index contributed by atoms with van der Waals surface area (Å²) in [5.74, 6) is 0.666. The van der Waals surface area contributed by atoms with E-state index < -0.39 is 5.60 Å². The van der Waals surface area contributed by atoms with E-state index in [0.717, 1.165) is 25.0 Å². The smallest absolute Gasteiger partial charge is 0.410 e. The van der Waals surface area contributed by atoms with Crippen molar-refractivity contribution in [2.75, 3.05) is 31.1 Å². The molecule has 7 heteroatoms. The van der Waals surface area contributed by atoms with Crippen LogP contribution in [0.1, 0.15) is 53.2 Å². The molecular weight excluding hydrogens is 342 g/mol. The van der Waals surface area contributed by atoms with Crippen LogP contribution in [0, 0.1) is 5.41 Å². The largest absolute Gasteiger partial charge is 0.444 e. The van der Waals surface area contributed by atoms with E-state index in [1.807, 2.05) is 37.7 Å². The number of nitrogens with zero attached hydrogens (tertiary/aromatic N) is 4. The van der Waals surface area contributed by atoms with Gasteiger partial charge in [-0.25, -0.2) is 9.78 Å². The molecule has 1 N–H and O–H groups in total. The minimum Gasteiger partial charge on any atom is -0.444 e. The summed E-state index contributed by atoms with van der Waals surface area (Å²) in [6.07, 6.45) is 8.44. The highest BCUT2D eigenvalue weighted by atomic mass is 16.6. The van der Waals surface area contributed by atoms with Crippen LogP contribution >= 0.6 is 0 Å². The van der Waals surface area contributed by atoms with Gasteiger partial charge < -0.3 is 19.1 Å². The van der Waals surface area contributed by atoms with Crippen molar-refractivity contribution in [3.05, 3.63) is 23.5 Å². The predicted octanol–water partition coefficient (Wildman–Crippen LogP) is 3.25. The quantitative estimate of drug-likeness (QED) is 0.857.